The van der Waals surface area contributed by atoms with Gasteiger partial charge in [-0.3, -0.25) is 5.43 Å². The minimum atomic E-state index is -0.608. The Hall–Kier alpha value is -1.30. The van der Waals surface area contributed by atoms with E-state index in [4.69, 9.17) is 5.73 Å². The number of nitrogens with zero attached hydrogens (tertiary/aromatic N) is 1. The SMILES string of the molecule is NC(=O)NNc1nc(C2CC2)cs1. The highest BCUT2D eigenvalue weighted by atomic mass is 32.1. The van der Waals surface area contributed by atoms with E-state index in [9.17, 15) is 4.79 Å². The van der Waals surface area contributed by atoms with Crippen molar-refractivity contribution in [3.63, 3.8) is 0 Å². The first-order chi connectivity index (χ1) is 6.25. The molecule has 0 atom stereocenters. The predicted molar refractivity (Wildman–Crippen MR) is 50.4 cm³/mol. The third-order valence-electron chi connectivity index (χ3n) is 1.81. The van der Waals surface area contributed by atoms with Crippen LogP contribution in [-0.2, 0) is 0 Å². The molecule has 4 N–H and O–H groups in total. The van der Waals surface area contributed by atoms with Crippen LogP contribution in [0.5, 0.6) is 0 Å². The van der Waals surface area contributed by atoms with Crippen LogP contribution in [0.25, 0.3) is 0 Å². The molecule has 0 bridgehead atoms. The van der Waals surface area contributed by atoms with Crippen LogP contribution in [-0.4, -0.2) is 11.0 Å². The van der Waals surface area contributed by atoms with Crippen molar-refractivity contribution in [3.8, 4) is 0 Å². The number of carbonyl (C=O) groups is 1. The highest BCUT2D eigenvalue weighted by molar-refractivity contribution is 7.13. The Kier molecular flexibility index (Phi) is 2.05. The molecule has 70 valence electrons. The van der Waals surface area contributed by atoms with E-state index in [0.29, 0.717) is 11.0 Å². The van der Waals surface area contributed by atoms with E-state index < -0.39 is 6.03 Å². The lowest BCUT2D eigenvalue weighted by molar-refractivity contribution is 0.250. The van der Waals surface area contributed by atoms with E-state index >= 15 is 0 Å². The van der Waals surface area contributed by atoms with Gasteiger partial charge < -0.3 is 5.73 Å². The number of urea groups is 1. The molecule has 0 radical (unpaired) electrons. The Bertz CT molecular complexity index is 320. The lowest BCUT2D eigenvalue weighted by Gasteiger charge is -1.99. The molecule has 0 saturated heterocycles. The van der Waals surface area contributed by atoms with Crippen molar-refractivity contribution < 1.29 is 4.79 Å². The third kappa shape index (κ3) is 2.09. The van der Waals surface area contributed by atoms with Crippen molar-refractivity contribution in [3.05, 3.63) is 11.1 Å². The van der Waals surface area contributed by atoms with Crippen molar-refractivity contribution in [1.82, 2.24) is 10.4 Å². The topological polar surface area (TPSA) is 80.0 Å². The molecule has 0 unspecified atom stereocenters. The number of carbonyl (C=O) groups excluding carboxylic acids is 1. The Balaban J connectivity index is 1.92. The maximum Gasteiger partial charge on any atom is 0.330 e. The second-order valence-electron chi connectivity index (χ2n) is 2.97. The summed E-state index contributed by atoms with van der Waals surface area (Å²) in [5.74, 6) is 0.639. The molecule has 1 fully saturated rings. The normalized spacial score (nSPS) is 15.4. The van der Waals surface area contributed by atoms with Gasteiger partial charge in [0.05, 0.1) is 5.69 Å². The molecule has 1 aliphatic rings. The molecule has 5 nitrogen and oxygen atoms in total. The first-order valence-corrected chi connectivity index (χ1v) is 4.90. The van der Waals surface area contributed by atoms with Gasteiger partial charge in [0.1, 0.15) is 0 Å². The molecule has 1 saturated carbocycles. The maximum absolute atomic E-state index is 10.4. The number of hydrogen-bond acceptors (Lipinski definition) is 4. The average molecular weight is 198 g/mol. The van der Waals surface area contributed by atoms with Gasteiger partial charge in [-0.1, -0.05) is 0 Å². The number of anilines is 1. The number of rotatable bonds is 3. The van der Waals surface area contributed by atoms with Gasteiger partial charge in [0.15, 0.2) is 0 Å². The van der Waals surface area contributed by atoms with Gasteiger partial charge in [0, 0.05) is 11.3 Å². The summed E-state index contributed by atoms with van der Waals surface area (Å²) in [6.45, 7) is 0. The fraction of sp³-hybridized carbons (Fsp3) is 0.429. The Morgan fingerprint density at radius 2 is 2.46 bits per heavy atom. The molecular formula is C7H10N4OS. The second-order valence-corrected chi connectivity index (χ2v) is 3.82. The van der Waals surface area contributed by atoms with Crippen LogP contribution in [0.1, 0.15) is 24.5 Å². The number of thiazole rings is 1. The zero-order chi connectivity index (χ0) is 9.26. The maximum atomic E-state index is 10.4. The van der Waals surface area contributed by atoms with Gasteiger partial charge in [0.2, 0.25) is 5.13 Å². The Morgan fingerprint density at radius 3 is 3.08 bits per heavy atom. The minimum absolute atomic E-state index is 0.608. The zero-order valence-electron chi connectivity index (χ0n) is 6.91. The van der Waals surface area contributed by atoms with Crippen LogP contribution in [0.2, 0.25) is 0 Å². The molecule has 1 aliphatic carbocycles. The quantitative estimate of drug-likeness (QED) is 0.634. The van der Waals surface area contributed by atoms with E-state index in [1.807, 2.05) is 5.38 Å². The van der Waals surface area contributed by atoms with Crippen LogP contribution < -0.4 is 16.6 Å². The molecule has 1 aromatic rings. The fourth-order valence-corrected chi connectivity index (χ4v) is 1.77. The highest BCUT2D eigenvalue weighted by Crippen LogP contribution is 2.40. The number of primary amides is 1. The van der Waals surface area contributed by atoms with Gasteiger partial charge in [-0.05, 0) is 12.8 Å². The van der Waals surface area contributed by atoms with E-state index in [2.05, 4.69) is 15.8 Å². The van der Waals surface area contributed by atoms with Crippen molar-refractivity contribution in [2.45, 2.75) is 18.8 Å². The summed E-state index contributed by atoms with van der Waals surface area (Å²) in [5, 5.41) is 2.68. The lowest BCUT2D eigenvalue weighted by Crippen LogP contribution is -2.34. The summed E-state index contributed by atoms with van der Waals surface area (Å²) in [6, 6.07) is -0.608. The average Bonchev–Trinajstić information content (AvgIpc) is 2.83. The van der Waals surface area contributed by atoms with E-state index in [0.717, 1.165) is 5.69 Å². The summed E-state index contributed by atoms with van der Waals surface area (Å²) in [5.41, 5.74) is 10.9. The van der Waals surface area contributed by atoms with Crippen LogP contribution in [0, 0.1) is 0 Å². The van der Waals surface area contributed by atoms with Gasteiger partial charge in [0.25, 0.3) is 0 Å². The smallest absolute Gasteiger partial charge is 0.330 e. The van der Waals surface area contributed by atoms with Crippen molar-refractivity contribution >= 4 is 22.5 Å². The molecular weight excluding hydrogens is 188 g/mol. The number of hydrogen-bond donors (Lipinski definition) is 3. The summed E-state index contributed by atoms with van der Waals surface area (Å²) in [4.78, 5) is 14.6. The largest absolute Gasteiger partial charge is 0.350 e. The first-order valence-electron chi connectivity index (χ1n) is 4.02. The van der Waals surface area contributed by atoms with Gasteiger partial charge in [-0.25, -0.2) is 15.2 Å². The number of nitrogens with two attached hydrogens (primary N) is 1. The Labute approximate surface area is 79.3 Å². The van der Waals surface area contributed by atoms with Crippen molar-refractivity contribution in [1.29, 1.82) is 0 Å². The first kappa shape index (κ1) is 8.31. The zero-order valence-corrected chi connectivity index (χ0v) is 7.73. The molecule has 0 aromatic carbocycles. The molecule has 0 aliphatic heterocycles. The third-order valence-corrected chi connectivity index (χ3v) is 2.59. The number of amides is 2. The Morgan fingerprint density at radius 1 is 1.69 bits per heavy atom. The van der Waals surface area contributed by atoms with Crippen molar-refractivity contribution in [2.24, 2.45) is 5.73 Å². The molecule has 6 heteroatoms. The molecule has 2 amide bonds. The fourth-order valence-electron chi connectivity index (χ4n) is 1.03. The number of aromatic nitrogens is 1. The van der Waals surface area contributed by atoms with E-state index in [1.165, 1.54) is 24.2 Å². The van der Waals surface area contributed by atoms with Crippen LogP contribution in [0.3, 0.4) is 0 Å². The summed E-state index contributed by atoms with van der Waals surface area (Å²) in [7, 11) is 0. The monoisotopic (exact) mass is 198 g/mol. The lowest BCUT2D eigenvalue weighted by atomic mass is 10.3. The van der Waals surface area contributed by atoms with Crippen molar-refractivity contribution in [2.75, 3.05) is 5.43 Å². The molecule has 0 spiro atoms. The second kappa shape index (κ2) is 3.21. The predicted octanol–water partition coefficient (Wildman–Crippen LogP) is 1.02. The van der Waals surface area contributed by atoms with Crippen LogP contribution in [0.15, 0.2) is 5.38 Å². The van der Waals surface area contributed by atoms with Gasteiger partial charge in [-0.2, -0.15) is 0 Å². The molecule has 1 heterocycles. The standard InChI is InChI=1S/C7H10N4OS/c8-6(12)10-11-7-9-5(3-13-7)4-1-2-4/h3-4H,1-2H2,(H,9,11)(H3,8,10,12). The molecule has 13 heavy (non-hydrogen) atoms. The van der Waals surface area contributed by atoms with Crippen LogP contribution in [0.4, 0.5) is 9.93 Å². The summed E-state index contributed by atoms with van der Waals surface area (Å²) in [6.07, 6.45) is 2.46. The highest BCUT2D eigenvalue weighted by Gasteiger charge is 2.25. The van der Waals surface area contributed by atoms with Gasteiger partial charge >= 0.3 is 6.03 Å². The molecule has 1 aromatic heterocycles. The summed E-state index contributed by atoms with van der Waals surface area (Å²) >= 11 is 1.47. The minimum Gasteiger partial charge on any atom is -0.350 e. The summed E-state index contributed by atoms with van der Waals surface area (Å²) < 4.78 is 0. The number of hydrazine groups is 1. The van der Waals surface area contributed by atoms with E-state index in [1.54, 1.807) is 0 Å². The van der Waals surface area contributed by atoms with Gasteiger partial charge in [-0.15, -0.1) is 11.3 Å². The van der Waals surface area contributed by atoms with E-state index in [-0.39, 0.29) is 0 Å². The van der Waals surface area contributed by atoms with Crippen LogP contribution >= 0.6 is 11.3 Å². The number of nitrogens with one attached hydrogen (secondary N) is 2. The molecule has 2 rings (SSSR count).